The average molecular weight is 337 g/mol. The molecular formula is C15H28O4S2. The van der Waals surface area contributed by atoms with E-state index in [1.807, 2.05) is 0 Å². The first-order valence-corrected chi connectivity index (χ1v) is 9.00. The Balaban J connectivity index is 3.12. The molecule has 0 rings (SSSR count). The molecular weight excluding hydrogens is 308 g/mol. The van der Waals surface area contributed by atoms with Gasteiger partial charge in [-0.25, -0.2) is 0 Å². The molecule has 0 spiro atoms. The Morgan fingerprint density at radius 1 is 0.619 bits per heavy atom. The lowest BCUT2D eigenvalue weighted by Gasteiger charge is -2.05. The molecule has 6 heteroatoms. The van der Waals surface area contributed by atoms with Gasteiger partial charge in [0.2, 0.25) is 0 Å². The average Bonchev–Trinajstić information content (AvgIpc) is 2.45. The van der Waals surface area contributed by atoms with Crippen molar-refractivity contribution in [3.63, 3.8) is 0 Å². The Kier molecular flexibility index (Phi) is 15.7. The molecule has 0 unspecified atom stereocenters. The van der Waals surface area contributed by atoms with E-state index in [0.717, 1.165) is 38.5 Å². The molecule has 124 valence electrons. The zero-order valence-electron chi connectivity index (χ0n) is 12.7. The van der Waals surface area contributed by atoms with Crippen molar-refractivity contribution in [1.29, 1.82) is 0 Å². The number of carbonyl (C=O) groups excluding carboxylic acids is 2. The van der Waals surface area contributed by atoms with Crippen LogP contribution in [0.15, 0.2) is 0 Å². The summed E-state index contributed by atoms with van der Waals surface area (Å²) in [6.07, 6.45) is 8.31. The Bertz CT molecular complexity index is 246. The van der Waals surface area contributed by atoms with Crippen LogP contribution >= 0.6 is 25.3 Å². The number of rotatable bonds is 14. The minimum atomic E-state index is -0.155. The normalized spacial score (nSPS) is 10.4. The van der Waals surface area contributed by atoms with Crippen molar-refractivity contribution < 1.29 is 19.1 Å². The summed E-state index contributed by atoms with van der Waals surface area (Å²) in [7, 11) is 0. The first kappa shape index (κ1) is 20.6. The van der Waals surface area contributed by atoms with Gasteiger partial charge in [-0.15, -0.1) is 0 Å². The molecule has 0 heterocycles. The lowest BCUT2D eigenvalue weighted by Crippen LogP contribution is -2.06. The van der Waals surface area contributed by atoms with Gasteiger partial charge in [-0.1, -0.05) is 32.1 Å². The summed E-state index contributed by atoms with van der Waals surface area (Å²) in [5.41, 5.74) is 0. The van der Waals surface area contributed by atoms with Gasteiger partial charge in [0.15, 0.2) is 0 Å². The number of hydrogen-bond acceptors (Lipinski definition) is 6. The molecule has 0 N–H and O–H groups in total. The van der Waals surface area contributed by atoms with Gasteiger partial charge < -0.3 is 9.47 Å². The molecule has 0 atom stereocenters. The Morgan fingerprint density at radius 3 is 1.29 bits per heavy atom. The first-order valence-electron chi connectivity index (χ1n) is 7.73. The van der Waals surface area contributed by atoms with E-state index in [1.165, 1.54) is 6.42 Å². The van der Waals surface area contributed by atoms with Crippen LogP contribution in [0.4, 0.5) is 0 Å². The fourth-order valence-electron chi connectivity index (χ4n) is 1.79. The minimum Gasteiger partial charge on any atom is -0.466 e. The van der Waals surface area contributed by atoms with Crippen LogP contribution < -0.4 is 0 Å². The van der Waals surface area contributed by atoms with Gasteiger partial charge in [0.05, 0.1) is 26.1 Å². The molecule has 0 aromatic heterocycles. The summed E-state index contributed by atoms with van der Waals surface area (Å²) in [4.78, 5) is 22.1. The smallest absolute Gasteiger partial charge is 0.306 e. The third-order valence-electron chi connectivity index (χ3n) is 2.95. The summed E-state index contributed by atoms with van der Waals surface area (Å²) in [6, 6.07) is 0. The number of carbonyl (C=O) groups is 2. The SMILES string of the molecule is O=C(CCS)OCCCCCCCCCOC(=O)CCS. The van der Waals surface area contributed by atoms with E-state index in [2.05, 4.69) is 25.3 Å². The van der Waals surface area contributed by atoms with Crippen molar-refractivity contribution in [2.75, 3.05) is 24.7 Å². The summed E-state index contributed by atoms with van der Waals surface area (Å²) >= 11 is 7.95. The molecule has 0 aromatic carbocycles. The zero-order chi connectivity index (χ0) is 15.8. The second-order valence-corrected chi connectivity index (χ2v) is 5.76. The Hall–Kier alpha value is -0.360. The summed E-state index contributed by atoms with van der Waals surface area (Å²) < 4.78 is 10.1. The van der Waals surface area contributed by atoms with Crippen LogP contribution in [0.2, 0.25) is 0 Å². The maximum absolute atomic E-state index is 11.1. The number of ether oxygens (including phenoxy) is 2. The lowest BCUT2D eigenvalue weighted by atomic mass is 10.1. The van der Waals surface area contributed by atoms with Gasteiger partial charge in [-0.2, -0.15) is 25.3 Å². The minimum absolute atomic E-state index is 0.155. The topological polar surface area (TPSA) is 52.6 Å². The van der Waals surface area contributed by atoms with Crippen molar-refractivity contribution >= 4 is 37.2 Å². The molecule has 4 nitrogen and oxygen atoms in total. The highest BCUT2D eigenvalue weighted by Gasteiger charge is 2.01. The van der Waals surface area contributed by atoms with E-state index in [0.29, 0.717) is 37.6 Å². The van der Waals surface area contributed by atoms with E-state index in [4.69, 9.17) is 9.47 Å². The monoisotopic (exact) mass is 336 g/mol. The maximum atomic E-state index is 11.1. The van der Waals surface area contributed by atoms with Gasteiger partial charge in [0.25, 0.3) is 0 Å². The molecule has 0 saturated heterocycles. The van der Waals surface area contributed by atoms with E-state index in [-0.39, 0.29) is 11.9 Å². The molecule has 0 aliphatic heterocycles. The van der Waals surface area contributed by atoms with Crippen LogP contribution in [0, 0.1) is 0 Å². The quantitative estimate of drug-likeness (QED) is 0.290. The zero-order valence-corrected chi connectivity index (χ0v) is 14.5. The summed E-state index contributed by atoms with van der Waals surface area (Å²) in [5, 5.41) is 0. The highest BCUT2D eigenvalue weighted by molar-refractivity contribution is 7.80. The standard InChI is InChI=1S/C15H28O4S2/c16-14(8-12-20)18-10-6-4-2-1-3-5-7-11-19-15(17)9-13-21/h20-21H,1-13H2. The number of hydrogen-bond donors (Lipinski definition) is 2. The van der Waals surface area contributed by atoms with Crippen molar-refractivity contribution in [2.45, 2.75) is 57.8 Å². The summed E-state index contributed by atoms with van der Waals surface area (Å²) in [5.74, 6) is 0.779. The van der Waals surface area contributed by atoms with Crippen LogP contribution in [0.25, 0.3) is 0 Å². The lowest BCUT2D eigenvalue weighted by molar-refractivity contribution is -0.144. The van der Waals surface area contributed by atoms with E-state index in [9.17, 15) is 9.59 Å². The Labute approximate surface area is 139 Å². The third kappa shape index (κ3) is 15.8. The Morgan fingerprint density at radius 2 is 0.952 bits per heavy atom. The largest absolute Gasteiger partial charge is 0.466 e. The fourth-order valence-corrected chi connectivity index (χ4v) is 2.15. The second kappa shape index (κ2) is 16.0. The first-order chi connectivity index (χ1) is 10.2. The van der Waals surface area contributed by atoms with Crippen molar-refractivity contribution in [2.24, 2.45) is 0 Å². The van der Waals surface area contributed by atoms with Crippen LogP contribution in [0.1, 0.15) is 57.8 Å². The summed E-state index contributed by atoms with van der Waals surface area (Å²) in [6.45, 7) is 1.04. The van der Waals surface area contributed by atoms with E-state index < -0.39 is 0 Å². The van der Waals surface area contributed by atoms with Gasteiger partial charge in [-0.3, -0.25) is 9.59 Å². The molecule has 0 fully saturated rings. The second-order valence-electron chi connectivity index (χ2n) is 4.86. The van der Waals surface area contributed by atoms with Gasteiger partial charge in [-0.05, 0) is 12.8 Å². The third-order valence-corrected chi connectivity index (χ3v) is 3.39. The molecule has 21 heavy (non-hydrogen) atoms. The molecule has 0 aromatic rings. The van der Waals surface area contributed by atoms with Crippen molar-refractivity contribution in [3.05, 3.63) is 0 Å². The van der Waals surface area contributed by atoms with Gasteiger partial charge >= 0.3 is 11.9 Å². The van der Waals surface area contributed by atoms with Gasteiger partial charge in [0, 0.05) is 11.5 Å². The van der Waals surface area contributed by atoms with Crippen LogP contribution in [-0.4, -0.2) is 36.7 Å². The van der Waals surface area contributed by atoms with Gasteiger partial charge in [0.1, 0.15) is 0 Å². The maximum Gasteiger partial charge on any atom is 0.306 e. The van der Waals surface area contributed by atoms with E-state index >= 15 is 0 Å². The molecule has 0 aliphatic rings. The predicted octanol–water partition coefficient (Wildman–Crippen LogP) is 3.44. The predicted molar refractivity (Wildman–Crippen MR) is 91.2 cm³/mol. The fraction of sp³-hybridized carbons (Fsp3) is 0.867. The number of esters is 2. The number of unbranched alkanes of at least 4 members (excludes halogenated alkanes) is 6. The highest BCUT2D eigenvalue weighted by Crippen LogP contribution is 2.08. The molecule has 0 saturated carbocycles. The molecule has 0 radical (unpaired) electrons. The molecule has 0 amide bonds. The van der Waals surface area contributed by atoms with Crippen molar-refractivity contribution in [3.8, 4) is 0 Å². The van der Waals surface area contributed by atoms with Crippen LogP contribution in [-0.2, 0) is 19.1 Å². The molecule has 0 aliphatic carbocycles. The van der Waals surface area contributed by atoms with Crippen molar-refractivity contribution in [1.82, 2.24) is 0 Å². The van der Waals surface area contributed by atoms with Crippen LogP contribution in [0.5, 0.6) is 0 Å². The highest BCUT2D eigenvalue weighted by atomic mass is 32.1. The molecule has 0 bridgehead atoms. The van der Waals surface area contributed by atoms with E-state index in [1.54, 1.807) is 0 Å². The number of thiol groups is 2. The van der Waals surface area contributed by atoms with Crippen LogP contribution in [0.3, 0.4) is 0 Å².